The van der Waals surface area contributed by atoms with Gasteiger partial charge in [-0.2, -0.15) is 5.10 Å². The minimum Gasteiger partial charge on any atom is -0.497 e. The number of aromatic nitrogens is 2. The smallest absolute Gasteiger partial charge is 0.153 e. The summed E-state index contributed by atoms with van der Waals surface area (Å²) in [5, 5.41) is 4.48. The van der Waals surface area contributed by atoms with E-state index in [2.05, 4.69) is 5.10 Å². The molecule has 1 aromatic heterocycles. The Labute approximate surface area is 113 Å². The molecule has 0 amide bonds. The second-order valence-corrected chi connectivity index (χ2v) is 4.79. The van der Waals surface area contributed by atoms with Crippen molar-refractivity contribution < 1.29 is 9.53 Å². The number of aldehydes is 1. The predicted octanol–water partition coefficient (Wildman–Crippen LogP) is 2.88. The molecule has 0 fully saturated rings. The summed E-state index contributed by atoms with van der Waals surface area (Å²) in [6.45, 7) is 4.70. The third kappa shape index (κ3) is 3.02. The number of ether oxygens (including phenoxy) is 1. The lowest BCUT2D eigenvalue weighted by molar-refractivity contribution is 0.112. The molecule has 4 heteroatoms. The Morgan fingerprint density at radius 1 is 1.42 bits per heavy atom. The molecule has 1 aromatic carbocycles. The van der Waals surface area contributed by atoms with Gasteiger partial charge in [0, 0.05) is 6.20 Å². The van der Waals surface area contributed by atoms with Crippen LogP contribution < -0.4 is 4.74 Å². The topological polar surface area (TPSA) is 44.1 Å². The second kappa shape index (κ2) is 5.69. The second-order valence-electron chi connectivity index (χ2n) is 4.79. The Morgan fingerprint density at radius 2 is 2.21 bits per heavy atom. The fourth-order valence-corrected chi connectivity index (χ4v) is 2.03. The number of rotatable bonds is 5. The molecule has 1 heterocycles. The van der Waals surface area contributed by atoms with E-state index in [1.165, 1.54) is 0 Å². The van der Waals surface area contributed by atoms with Gasteiger partial charge in [0.25, 0.3) is 0 Å². The summed E-state index contributed by atoms with van der Waals surface area (Å²) in [5.41, 5.74) is 2.60. The van der Waals surface area contributed by atoms with Crippen LogP contribution in [0, 0.1) is 0 Å². The zero-order valence-corrected chi connectivity index (χ0v) is 11.5. The van der Waals surface area contributed by atoms with Crippen LogP contribution in [0.2, 0.25) is 0 Å². The number of hydrogen-bond donors (Lipinski definition) is 0. The van der Waals surface area contributed by atoms with E-state index in [0.717, 1.165) is 23.3 Å². The van der Waals surface area contributed by atoms with Crippen LogP contribution in [0.4, 0.5) is 0 Å². The van der Waals surface area contributed by atoms with Crippen molar-refractivity contribution in [3.05, 3.63) is 47.3 Å². The zero-order chi connectivity index (χ0) is 13.8. The van der Waals surface area contributed by atoms with Crippen molar-refractivity contribution in [2.45, 2.75) is 26.3 Å². The molecule has 0 radical (unpaired) electrons. The Bertz CT molecular complexity index is 573. The van der Waals surface area contributed by atoms with Crippen LogP contribution in [0.5, 0.6) is 5.75 Å². The molecule has 0 spiro atoms. The average molecular weight is 258 g/mol. The van der Waals surface area contributed by atoms with E-state index in [1.54, 1.807) is 18.0 Å². The molecule has 100 valence electrons. The van der Waals surface area contributed by atoms with Crippen molar-refractivity contribution in [3.63, 3.8) is 0 Å². The molecule has 4 nitrogen and oxygen atoms in total. The summed E-state index contributed by atoms with van der Waals surface area (Å²) in [5.74, 6) is 1.07. The van der Waals surface area contributed by atoms with Gasteiger partial charge in [0.1, 0.15) is 5.75 Å². The van der Waals surface area contributed by atoms with Gasteiger partial charge in [-0.25, -0.2) is 0 Å². The van der Waals surface area contributed by atoms with E-state index in [0.29, 0.717) is 12.1 Å². The molecule has 19 heavy (non-hydrogen) atoms. The van der Waals surface area contributed by atoms with E-state index in [-0.39, 0.29) is 5.92 Å². The van der Waals surface area contributed by atoms with E-state index in [1.807, 2.05) is 38.1 Å². The first-order chi connectivity index (χ1) is 9.13. The minimum atomic E-state index is 0.242. The Balaban J connectivity index is 2.25. The number of hydrogen-bond acceptors (Lipinski definition) is 3. The van der Waals surface area contributed by atoms with Crippen LogP contribution in [-0.2, 0) is 6.54 Å². The number of benzene rings is 1. The highest BCUT2D eigenvalue weighted by Gasteiger charge is 2.11. The van der Waals surface area contributed by atoms with Crippen molar-refractivity contribution in [1.29, 1.82) is 0 Å². The zero-order valence-electron chi connectivity index (χ0n) is 11.5. The Hall–Kier alpha value is -2.10. The largest absolute Gasteiger partial charge is 0.497 e. The monoisotopic (exact) mass is 258 g/mol. The fraction of sp³-hybridized carbons (Fsp3) is 0.333. The summed E-state index contributed by atoms with van der Waals surface area (Å²) in [6, 6.07) is 7.84. The molecule has 0 bridgehead atoms. The maximum Gasteiger partial charge on any atom is 0.153 e. The van der Waals surface area contributed by atoms with Crippen molar-refractivity contribution in [3.8, 4) is 5.75 Å². The van der Waals surface area contributed by atoms with E-state index in [9.17, 15) is 4.79 Å². The van der Waals surface area contributed by atoms with Crippen molar-refractivity contribution in [1.82, 2.24) is 9.78 Å². The first kappa shape index (κ1) is 13.3. The number of carbonyl (C=O) groups is 1. The molecule has 2 rings (SSSR count). The highest BCUT2D eigenvalue weighted by Crippen LogP contribution is 2.18. The molecule has 0 aliphatic carbocycles. The van der Waals surface area contributed by atoms with Crippen LogP contribution in [0.15, 0.2) is 30.5 Å². The summed E-state index contributed by atoms with van der Waals surface area (Å²) < 4.78 is 6.99. The third-order valence-electron chi connectivity index (χ3n) is 2.97. The number of methoxy groups -OCH3 is 1. The van der Waals surface area contributed by atoms with E-state index in [4.69, 9.17) is 4.74 Å². The summed E-state index contributed by atoms with van der Waals surface area (Å²) in [4.78, 5) is 11.0. The normalized spacial score (nSPS) is 10.7. The average Bonchev–Trinajstić information content (AvgIpc) is 2.82. The van der Waals surface area contributed by atoms with Gasteiger partial charge in [0.05, 0.1) is 24.9 Å². The van der Waals surface area contributed by atoms with Gasteiger partial charge < -0.3 is 4.74 Å². The Morgan fingerprint density at radius 3 is 2.79 bits per heavy atom. The van der Waals surface area contributed by atoms with E-state index < -0.39 is 0 Å². The van der Waals surface area contributed by atoms with Crippen molar-refractivity contribution >= 4 is 6.29 Å². The molecular weight excluding hydrogens is 240 g/mol. The molecule has 0 unspecified atom stereocenters. The molecular formula is C15H18N2O2. The Kier molecular flexibility index (Phi) is 4.00. The molecule has 0 saturated heterocycles. The van der Waals surface area contributed by atoms with Gasteiger partial charge >= 0.3 is 0 Å². The number of nitrogens with zero attached hydrogens (tertiary/aromatic N) is 2. The van der Waals surface area contributed by atoms with Gasteiger partial charge in [0.15, 0.2) is 6.29 Å². The highest BCUT2D eigenvalue weighted by molar-refractivity contribution is 5.76. The van der Waals surface area contributed by atoms with Gasteiger partial charge in [-0.1, -0.05) is 26.0 Å². The van der Waals surface area contributed by atoms with E-state index >= 15 is 0 Å². The van der Waals surface area contributed by atoms with Crippen LogP contribution in [0.3, 0.4) is 0 Å². The molecule has 2 aromatic rings. The molecule has 0 aliphatic heterocycles. The minimum absolute atomic E-state index is 0.242. The molecule has 0 saturated carbocycles. The maximum atomic E-state index is 11.0. The molecule has 0 aliphatic rings. The third-order valence-corrected chi connectivity index (χ3v) is 2.97. The molecule has 0 atom stereocenters. The predicted molar refractivity (Wildman–Crippen MR) is 73.8 cm³/mol. The molecule has 0 N–H and O–H groups in total. The van der Waals surface area contributed by atoms with Crippen LogP contribution in [0.25, 0.3) is 0 Å². The standard InChI is InChI=1S/C15H18N2O2/c1-11(2)15-13(10-18)9-17(16-15)8-12-5-4-6-14(7-12)19-3/h4-7,9-11H,8H2,1-3H3. The first-order valence-corrected chi connectivity index (χ1v) is 6.29. The van der Waals surface area contributed by atoms with Crippen molar-refractivity contribution in [2.24, 2.45) is 0 Å². The van der Waals surface area contributed by atoms with Gasteiger partial charge in [-0.05, 0) is 23.6 Å². The SMILES string of the molecule is COc1cccc(Cn2cc(C=O)c(C(C)C)n2)c1. The van der Waals surface area contributed by atoms with Crippen LogP contribution >= 0.6 is 0 Å². The summed E-state index contributed by atoms with van der Waals surface area (Å²) in [7, 11) is 1.65. The van der Waals surface area contributed by atoms with Gasteiger partial charge in [-0.15, -0.1) is 0 Å². The lowest BCUT2D eigenvalue weighted by Gasteiger charge is -2.05. The van der Waals surface area contributed by atoms with Gasteiger partial charge in [0.2, 0.25) is 0 Å². The number of carbonyl (C=O) groups excluding carboxylic acids is 1. The quantitative estimate of drug-likeness (QED) is 0.774. The van der Waals surface area contributed by atoms with Gasteiger partial charge in [-0.3, -0.25) is 9.48 Å². The summed E-state index contributed by atoms with van der Waals surface area (Å²) >= 11 is 0. The fourth-order valence-electron chi connectivity index (χ4n) is 2.03. The first-order valence-electron chi connectivity index (χ1n) is 6.29. The highest BCUT2D eigenvalue weighted by atomic mass is 16.5. The van der Waals surface area contributed by atoms with Crippen LogP contribution in [0.1, 0.15) is 41.4 Å². The lowest BCUT2D eigenvalue weighted by atomic mass is 10.1. The van der Waals surface area contributed by atoms with Crippen molar-refractivity contribution in [2.75, 3.05) is 7.11 Å². The maximum absolute atomic E-state index is 11.0. The summed E-state index contributed by atoms with van der Waals surface area (Å²) in [6.07, 6.45) is 2.66. The van der Waals surface area contributed by atoms with Crippen LogP contribution in [-0.4, -0.2) is 23.2 Å². The lowest BCUT2D eigenvalue weighted by Crippen LogP contribution is -2.02.